The maximum absolute atomic E-state index is 12.1. The first-order valence-electron chi connectivity index (χ1n) is 10.2. The van der Waals surface area contributed by atoms with Crippen LogP contribution in [0, 0.1) is 5.41 Å². The van der Waals surface area contributed by atoms with Crippen LogP contribution in [0.4, 0.5) is 0 Å². The Morgan fingerprint density at radius 1 is 0.964 bits per heavy atom. The molecule has 28 heavy (non-hydrogen) atoms. The predicted octanol–water partition coefficient (Wildman–Crippen LogP) is 2.91. The van der Waals surface area contributed by atoms with Gasteiger partial charge in [-0.2, -0.15) is 0 Å². The van der Waals surface area contributed by atoms with Gasteiger partial charge in [-0.1, -0.05) is 6.92 Å². The summed E-state index contributed by atoms with van der Waals surface area (Å²) in [5.74, 6) is -1.20. The Bertz CT molecular complexity index is 557. The summed E-state index contributed by atoms with van der Waals surface area (Å²) in [6, 6.07) is 0. The summed E-state index contributed by atoms with van der Waals surface area (Å²) in [4.78, 5) is 25.6. The number of likely N-dealkylation sites (tertiary alicyclic amines) is 1. The van der Waals surface area contributed by atoms with E-state index in [4.69, 9.17) is 18.9 Å². The lowest BCUT2D eigenvalue weighted by molar-refractivity contribution is -0.345. The van der Waals surface area contributed by atoms with E-state index in [-0.39, 0.29) is 35.0 Å². The zero-order valence-electron chi connectivity index (χ0n) is 18.6. The molecule has 2 aliphatic heterocycles. The SMILES string of the molecule is CCOC(=O)CN1C(C)(C)CC2(CC1(C)C)OCC(CC)(COC(C)=O)CO2. The summed E-state index contributed by atoms with van der Waals surface area (Å²) in [5, 5.41) is 0. The molecule has 0 aromatic rings. The highest BCUT2D eigenvalue weighted by Crippen LogP contribution is 2.48. The molecule has 7 heteroatoms. The minimum absolute atomic E-state index is 0.212. The van der Waals surface area contributed by atoms with Crippen LogP contribution in [0.3, 0.4) is 0 Å². The van der Waals surface area contributed by atoms with Crippen molar-refractivity contribution < 1.29 is 28.5 Å². The quantitative estimate of drug-likeness (QED) is 0.636. The molecule has 1 spiro atoms. The van der Waals surface area contributed by atoms with Gasteiger partial charge in [0, 0.05) is 30.8 Å². The van der Waals surface area contributed by atoms with Crippen molar-refractivity contribution in [1.29, 1.82) is 0 Å². The van der Waals surface area contributed by atoms with Crippen LogP contribution in [-0.4, -0.2) is 66.7 Å². The lowest BCUT2D eigenvalue weighted by atomic mass is 9.74. The van der Waals surface area contributed by atoms with Crippen LogP contribution in [0.2, 0.25) is 0 Å². The van der Waals surface area contributed by atoms with Crippen molar-refractivity contribution in [2.75, 3.05) is 33.0 Å². The second-order valence-electron chi connectivity index (χ2n) is 9.49. The molecule has 2 rings (SSSR count). The summed E-state index contributed by atoms with van der Waals surface area (Å²) in [7, 11) is 0. The lowest BCUT2D eigenvalue weighted by Gasteiger charge is -2.60. The molecular weight excluding hydrogens is 362 g/mol. The predicted molar refractivity (Wildman–Crippen MR) is 105 cm³/mol. The Morgan fingerprint density at radius 2 is 1.50 bits per heavy atom. The first-order chi connectivity index (χ1) is 12.9. The van der Waals surface area contributed by atoms with Gasteiger partial charge in [-0.25, -0.2) is 0 Å². The van der Waals surface area contributed by atoms with Crippen molar-refractivity contribution in [3.05, 3.63) is 0 Å². The highest BCUT2D eigenvalue weighted by molar-refractivity contribution is 5.72. The topological polar surface area (TPSA) is 74.3 Å². The molecule has 2 saturated heterocycles. The van der Waals surface area contributed by atoms with Crippen LogP contribution in [-0.2, 0) is 28.5 Å². The smallest absolute Gasteiger partial charge is 0.320 e. The molecule has 0 bridgehead atoms. The van der Waals surface area contributed by atoms with Crippen LogP contribution >= 0.6 is 0 Å². The molecule has 0 aliphatic carbocycles. The molecule has 2 heterocycles. The maximum atomic E-state index is 12.1. The van der Waals surface area contributed by atoms with Gasteiger partial charge in [0.05, 0.1) is 31.8 Å². The second kappa shape index (κ2) is 8.28. The minimum atomic E-state index is -0.701. The number of nitrogens with zero attached hydrogens (tertiary/aromatic N) is 1. The molecule has 0 N–H and O–H groups in total. The molecule has 2 fully saturated rings. The van der Waals surface area contributed by atoms with Crippen LogP contribution in [0.15, 0.2) is 0 Å². The van der Waals surface area contributed by atoms with Crippen molar-refractivity contribution in [2.45, 2.75) is 84.6 Å². The molecular formula is C21H37NO6. The first-order valence-corrected chi connectivity index (χ1v) is 10.2. The van der Waals surface area contributed by atoms with Gasteiger partial charge >= 0.3 is 11.9 Å². The van der Waals surface area contributed by atoms with Crippen LogP contribution in [0.5, 0.6) is 0 Å². The molecule has 0 radical (unpaired) electrons. The van der Waals surface area contributed by atoms with Gasteiger partial charge in [-0.3, -0.25) is 14.5 Å². The zero-order chi connectivity index (χ0) is 21.2. The number of piperidine rings is 1. The summed E-state index contributed by atoms with van der Waals surface area (Å²) in [6.45, 7) is 15.6. The molecule has 0 unspecified atom stereocenters. The zero-order valence-corrected chi connectivity index (χ0v) is 18.6. The van der Waals surface area contributed by atoms with Crippen molar-refractivity contribution in [2.24, 2.45) is 5.41 Å². The third kappa shape index (κ3) is 5.05. The van der Waals surface area contributed by atoms with Crippen molar-refractivity contribution in [3.63, 3.8) is 0 Å². The van der Waals surface area contributed by atoms with E-state index >= 15 is 0 Å². The molecule has 162 valence electrons. The van der Waals surface area contributed by atoms with E-state index in [0.717, 1.165) is 6.42 Å². The fraction of sp³-hybridized carbons (Fsp3) is 0.905. The molecule has 7 nitrogen and oxygen atoms in total. The van der Waals surface area contributed by atoms with Crippen LogP contribution in [0.1, 0.15) is 67.7 Å². The summed E-state index contributed by atoms with van der Waals surface area (Å²) in [6.07, 6.45) is 2.10. The van der Waals surface area contributed by atoms with Gasteiger partial charge in [0.2, 0.25) is 0 Å². The number of rotatable bonds is 6. The van der Waals surface area contributed by atoms with Crippen molar-refractivity contribution in [1.82, 2.24) is 4.90 Å². The Balaban J connectivity index is 2.13. The lowest BCUT2D eigenvalue weighted by Crippen LogP contribution is -2.69. The summed E-state index contributed by atoms with van der Waals surface area (Å²) in [5.41, 5.74) is -0.930. The van der Waals surface area contributed by atoms with E-state index in [2.05, 4.69) is 39.5 Å². The standard InChI is InChI=1S/C21H37NO6/c1-8-20(13-26-16(3)23)14-27-21(28-15-20)11-18(4,5)22(19(6,7)12-21)10-17(24)25-9-2/h8-15H2,1-7H3. The van der Waals surface area contributed by atoms with Crippen LogP contribution in [0.25, 0.3) is 0 Å². The molecule has 0 aromatic carbocycles. The average Bonchev–Trinajstić information content (AvgIpc) is 2.58. The van der Waals surface area contributed by atoms with E-state index in [9.17, 15) is 9.59 Å². The summed E-state index contributed by atoms with van der Waals surface area (Å²) < 4.78 is 23.2. The second-order valence-corrected chi connectivity index (χ2v) is 9.49. The average molecular weight is 400 g/mol. The van der Waals surface area contributed by atoms with Gasteiger partial charge in [0.1, 0.15) is 6.61 Å². The van der Waals surface area contributed by atoms with Gasteiger partial charge in [-0.15, -0.1) is 0 Å². The Labute approximate surface area is 169 Å². The van der Waals surface area contributed by atoms with E-state index < -0.39 is 5.79 Å². The fourth-order valence-electron chi connectivity index (χ4n) is 4.66. The van der Waals surface area contributed by atoms with Crippen LogP contribution < -0.4 is 0 Å². The molecule has 2 aliphatic rings. The van der Waals surface area contributed by atoms with E-state index in [1.165, 1.54) is 6.92 Å². The highest BCUT2D eigenvalue weighted by Gasteiger charge is 2.57. The van der Waals surface area contributed by atoms with E-state index in [1.807, 2.05) is 6.92 Å². The monoisotopic (exact) mass is 399 g/mol. The number of hydrogen-bond acceptors (Lipinski definition) is 7. The molecule has 0 atom stereocenters. The summed E-state index contributed by atoms with van der Waals surface area (Å²) >= 11 is 0. The van der Waals surface area contributed by atoms with E-state index in [0.29, 0.717) is 39.3 Å². The number of carbonyl (C=O) groups excluding carboxylic acids is 2. The Hall–Kier alpha value is -1.18. The van der Waals surface area contributed by atoms with E-state index in [1.54, 1.807) is 0 Å². The number of hydrogen-bond donors (Lipinski definition) is 0. The Kier molecular flexibility index (Phi) is 6.83. The number of esters is 2. The third-order valence-electron chi connectivity index (χ3n) is 6.07. The Morgan fingerprint density at radius 3 is 1.93 bits per heavy atom. The third-order valence-corrected chi connectivity index (χ3v) is 6.07. The molecule has 0 saturated carbocycles. The van der Waals surface area contributed by atoms with Gasteiger partial charge < -0.3 is 18.9 Å². The largest absolute Gasteiger partial charge is 0.465 e. The van der Waals surface area contributed by atoms with Crippen molar-refractivity contribution in [3.8, 4) is 0 Å². The first kappa shape index (κ1) is 23.1. The number of ether oxygens (including phenoxy) is 4. The van der Waals surface area contributed by atoms with Gasteiger partial charge in [0.15, 0.2) is 5.79 Å². The van der Waals surface area contributed by atoms with Crippen molar-refractivity contribution >= 4 is 11.9 Å². The maximum Gasteiger partial charge on any atom is 0.320 e. The van der Waals surface area contributed by atoms with Gasteiger partial charge in [-0.05, 0) is 41.0 Å². The molecule has 0 aromatic heterocycles. The normalized spacial score (nSPS) is 25.2. The number of carbonyl (C=O) groups is 2. The molecule has 0 amide bonds. The minimum Gasteiger partial charge on any atom is -0.465 e. The highest BCUT2D eigenvalue weighted by atomic mass is 16.7. The fourth-order valence-corrected chi connectivity index (χ4v) is 4.66. The van der Waals surface area contributed by atoms with Gasteiger partial charge in [0.25, 0.3) is 0 Å².